The van der Waals surface area contributed by atoms with Gasteiger partial charge in [0.15, 0.2) is 5.82 Å². The standard InChI is InChI=1S/C17H16N4S/c1-12-5-3-7-14(9-12)11-18-21-16(19-20-17(21)22)15-8-4-6-13(2)10-15/h3-11H,1-2H3,(H,20,22). The van der Waals surface area contributed by atoms with Gasteiger partial charge >= 0.3 is 0 Å². The van der Waals surface area contributed by atoms with E-state index in [9.17, 15) is 0 Å². The minimum atomic E-state index is 0.473. The van der Waals surface area contributed by atoms with Gasteiger partial charge < -0.3 is 0 Å². The largest absolute Gasteiger partial charge is 0.250 e. The zero-order valence-electron chi connectivity index (χ0n) is 12.4. The second-order valence-corrected chi connectivity index (χ2v) is 5.58. The second kappa shape index (κ2) is 6.07. The molecule has 4 nitrogen and oxygen atoms in total. The van der Waals surface area contributed by atoms with Crippen molar-refractivity contribution in [1.82, 2.24) is 14.9 Å². The van der Waals surface area contributed by atoms with Crippen LogP contribution >= 0.6 is 12.2 Å². The molecule has 2 aromatic carbocycles. The summed E-state index contributed by atoms with van der Waals surface area (Å²) >= 11 is 5.28. The number of aryl methyl sites for hydroxylation is 2. The Morgan fingerprint density at radius 1 is 1.09 bits per heavy atom. The number of H-pyrrole nitrogens is 1. The van der Waals surface area contributed by atoms with E-state index in [4.69, 9.17) is 12.2 Å². The van der Waals surface area contributed by atoms with Gasteiger partial charge in [0.1, 0.15) is 0 Å². The quantitative estimate of drug-likeness (QED) is 0.584. The molecule has 0 aliphatic heterocycles. The van der Waals surface area contributed by atoms with Gasteiger partial charge in [0.05, 0.1) is 6.21 Å². The van der Waals surface area contributed by atoms with Crippen LogP contribution in [0.3, 0.4) is 0 Å². The highest BCUT2D eigenvalue weighted by molar-refractivity contribution is 7.71. The van der Waals surface area contributed by atoms with E-state index in [0.29, 0.717) is 10.6 Å². The minimum absolute atomic E-state index is 0.473. The fraction of sp³-hybridized carbons (Fsp3) is 0.118. The Morgan fingerprint density at radius 3 is 2.55 bits per heavy atom. The van der Waals surface area contributed by atoms with E-state index in [-0.39, 0.29) is 0 Å². The van der Waals surface area contributed by atoms with E-state index < -0.39 is 0 Å². The maximum atomic E-state index is 5.28. The number of nitrogens with one attached hydrogen (secondary N) is 1. The Labute approximate surface area is 134 Å². The molecule has 0 unspecified atom stereocenters. The lowest BCUT2D eigenvalue weighted by Gasteiger charge is -2.02. The molecule has 110 valence electrons. The van der Waals surface area contributed by atoms with Crippen molar-refractivity contribution in [2.45, 2.75) is 13.8 Å². The predicted molar refractivity (Wildman–Crippen MR) is 91.8 cm³/mol. The van der Waals surface area contributed by atoms with Gasteiger partial charge in [-0.15, -0.1) is 0 Å². The van der Waals surface area contributed by atoms with Crippen LogP contribution in [0, 0.1) is 18.6 Å². The first kappa shape index (κ1) is 14.4. The van der Waals surface area contributed by atoms with Crippen LogP contribution in [-0.4, -0.2) is 21.1 Å². The third kappa shape index (κ3) is 3.04. The summed E-state index contributed by atoms with van der Waals surface area (Å²) in [6, 6.07) is 16.2. The summed E-state index contributed by atoms with van der Waals surface area (Å²) in [5, 5.41) is 11.6. The second-order valence-electron chi connectivity index (χ2n) is 5.19. The molecule has 22 heavy (non-hydrogen) atoms. The fourth-order valence-corrected chi connectivity index (χ4v) is 2.42. The molecule has 0 aliphatic carbocycles. The summed E-state index contributed by atoms with van der Waals surface area (Å²) in [5.41, 5.74) is 4.37. The molecule has 1 aromatic heterocycles. The minimum Gasteiger partial charge on any atom is -0.250 e. The van der Waals surface area contributed by atoms with Gasteiger partial charge in [-0.05, 0) is 37.7 Å². The van der Waals surface area contributed by atoms with Gasteiger partial charge in [0.2, 0.25) is 4.77 Å². The lowest BCUT2D eigenvalue weighted by molar-refractivity contribution is 0.871. The van der Waals surface area contributed by atoms with Crippen LogP contribution in [0.15, 0.2) is 53.6 Å². The molecule has 3 aromatic rings. The lowest BCUT2D eigenvalue weighted by Crippen LogP contribution is -1.95. The van der Waals surface area contributed by atoms with Crippen LogP contribution in [0.1, 0.15) is 16.7 Å². The third-order valence-electron chi connectivity index (χ3n) is 3.29. The smallest absolute Gasteiger partial charge is 0.216 e. The summed E-state index contributed by atoms with van der Waals surface area (Å²) in [4.78, 5) is 0. The monoisotopic (exact) mass is 308 g/mol. The molecule has 0 saturated heterocycles. The molecule has 0 amide bonds. The van der Waals surface area contributed by atoms with E-state index >= 15 is 0 Å². The number of benzene rings is 2. The maximum Gasteiger partial charge on any atom is 0.216 e. The van der Waals surface area contributed by atoms with Crippen molar-refractivity contribution in [2.24, 2.45) is 5.10 Å². The van der Waals surface area contributed by atoms with Gasteiger partial charge in [-0.2, -0.15) is 14.9 Å². The maximum absolute atomic E-state index is 5.28. The SMILES string of the molecule is Cc1cccc(C=Nn2c(-c3cccc(C)c3)n[nH]c2=S)c1. The van der Waals surface area contributed by atoms with Crippen LogP contribution < -0.4 is 0 Å². The number of hydrogen-bond acceptors (Lipinski definition) is 3. The van der Waals surface area contributed by atoms with Gasteiger partial charge in [-0.25, -0.2) is 5.10 Å². The average Bonchev–Trinajstić information content (AvgIpc) is 2.86. The van der Waals surface area contributed by atoms with Gasteiger partial charge in [-0.1, -0.05) is 53.6 Å². The number of nitrogens with zero attached hydrogens (tertiary/aromatic N) is 3. The summed E-state index contributed by atoms with van der Waals surface area (Å²) in [7, 11) is 0. The zero-order chi connectivity index (χ0) is 15.5. The first-order valence-corrected chi connectivity index (χ1v) is 7.40. The molecular weight excluding hydrogens is 292 g/mol. The summed E-state index contributed by atoms with van der Waals surface area (Å²) in [6.45, 7) is 4.10. The summed E-state index contributed by atoms with van der Waals surface area (Å²) in [6.07, 6.45) is 1.79. The van der Waals surface area contributed by atoms with E-state index in [1.165, 1.54) is 11.1 Å². The lowest BCUT2D eigenvalue weighted by atomic mass is 10.1. The molecule has 3 rings (SSSR count). The summed E-state index contributed by atoms with van der Waals surface area (Å²) in [5.74, 6) is 0.706. The molecule has 0 aliphatic rings. The highest BCUT2D eigenvalue weighted by Gasteiger charge is 2.07. The van der Waals surface area contributed by atoms with Crippen molar-refractivity contribution in [3.8, 4) is 11.4 Å². The highest BCUT2D eigenvalue weighted by Crippen LogP contribution is 2.18. The number of aromatic nitrogens is 3. The van der Waals surface area contributed by atoms with Crippen LogP contribution in [0.25, 0.3) is 11.4 Å². The number of rotatable bonds is 3. The van der Waals surface area contributed by atoms with Crippen molar-refractivity contribution in [1.29, 1.82) is 0 Å². The normalized spacial score (nSPS) is 11.2. The molecule has 1 heterocycles. The zero-order valence-corrected chi connectivity index (χ0v) is 13.3. The third-order valence-corrected chi connectivity index (χ3v) is 3.56. The molecule has 0 saturated carbocycles. The summed E-state index contributed by atoms with van der Waals surface area (Å²) < 4.78 is 2.12. The first-order valence-electron chi connectivity index (χ1n) is 6.99. The van der Waals surface area contributed by atoms with E-state index in [0.717, 1.165) is 11.1 Å². The van der Waals surface area contributed by atoms with Crippen molar-refractivity contribution in [3.05, 3.63) is 70.0 Å². The van der Waals surface area contributed by atoms with Crippen molar-refractivity contribution >= 4 is 18.4 Å². The van der Waals surface area contributed by atoms with Gasteiger partial charge in [0, 0.05) is 5.56 Å². The molecular formula is C17H16N4S. The van der Waals surface area contributed by atoms with Crippen LogP contribution in [-0.2, 0) is 0 Å². The molecule has 0 atom stereocenters. The van der Waals surface area contributed by atoms with Crippen molar-refractivity contribution in [3.63, 3.8) is 0 Å². The van der Waals surface area contributed by atoms with Crippen LogP contribution in [0.5, 0.6) is 0 Å². The Morgan fingerprint density at radius 2 is 1.82 bits per heavy atom. The number of hydrogen-bond donors (Lipinski definition) is 1. The first-order chi connectivity index (χ1) is 10.6. The molecule has 0 spiro atoms. The molecule has 5 heteroatoms. The van der Waals surface area contributed by atoms with E-state index in [1.54, 1.807) is 10.9 Å². The molecule has 1 N–H and O–H groups in total. The van der Waals surface area contributed by atoms with E-state index in [2.05, 4.69) is 40.4 Å². The Kier molecular flexibility index (Phi) is 3.98. The van der Waals surface area contributed by atoms with Crippen LogP contribution in [0.2, 0.25) is 0 Å². The Bertz CT molecular complexity index is 889. The van der Waals surface area contributed by atoms with Gasteiger partial charge in [-0.3, -0.25) is 0 Å². The average molecular weight is 308 g/mol. The predicted octanol–water partition coefficient (Wildman–Crippen LogP) is 4.11. The highest BCUT2D eigenvalue weighted by atomic mass is 32.1. The van der Waals surface area contributed by atoms with Gasteiger partial charge in [0.25, 0.3) is 0 Å². The van der Waals surface area contributed by atoms with E-state index in [1.807, 2.05) is 37.3 Å². The fourth-order valence-electron chi connectivity index (χ4n) is 2.24. The molecule has 0 radical (unpaired) electrons. The van der Waals surface area contributed by atoms with Crippen LogP contribution in [0.4, 0.5) is 0 Å². The number of aromatic amines is 1. The Balaban J connectivity index is 2.01. The topological polar surface area (TPSA) is 46.0 Å². The molecule has 0 bridgehead atoms. The Hall–Kier alpha value is -2.53. The van der Waals surface area contributed by atoms with Crippen molar-refractivity contribution in [2.75, 3.05) is 0 Å². The molecule has 0 fully saturated rings. The van der Waals surface area contributed by atoms with Crippen molar-refractivity contribution < 1.29 is 0 Å².